The lowest BCUT2D eigenvalue weighted by molar-refractivity contribution is -0.163. The zero-order valence-corrected chi connectivity index (χ0v) is 11.5. The van der Waals surface area contributed by atoms with Gasteiger partial charge in [0.1, 0.15) is 5.60 Å². The number of benzene rings is 1. The highest BCUT2D eigenvalue weighted by atomic mass is 16.5. The van der Waals surface area contributed by atoms with Gasteiger partial charge in [-0.3, -0.25) is 0 Å². The molecule has 3 N–H and O–H groups in total. The van der Waals surface area contributed by atoms with Crippen LogP contribution in [0.1, 0.15) is 18.4 Å². The summed E-state index contributed by atoms with van der Waals surface area (Å²) >= 11 is 0. The number of aliphatic hydroxyl groups is 1. The van der Waals surface area contributed by atoms with Gasteiger partial charge in [0.15, 0.2) is 0 Å². The summed E-state index contributed by atoms with van der Waals surface area (Å²) in [5.74, 6) is 0. The molecule has 1 saturated heterocycles. The van der Waals surface area contributed by atoms with Gasteiger partial charge < -0.3 is 20.3 Å². The molecule has 1 aromatic carbocycles. The summed E-state index contributed by atoms with van der Waals surface area (Å²) in [5.41, 5.74) is 5.43. The fraction of sp³-hybridized carbons (Fsp3) is 0.600. The van der Waals surface area contributed by atoms with Crippen molar-refractivity contribution in [2.45, 2.75) is 18.4 Å². The van der Waals surface area contributed by atoms with Gasteiger partial charge in [-0.15, -0.1) is 0 Å². The van der Waals surface area contributed by atoms with Crippen LogP contribution < -0.4 is 5.73 Å². The minimum absolute atomic E-state index is 0.244. The smallest absolute Gasteiger partial charge is 0.120 e. The van der Waals surface area contributed by atoms with Gasteiger partial charge in [-0.25, -0.2) is 0 Å². The summed E-state index contributed by atoms with van der Waals surface area (Å²) in [6, 6.07) is 9.67. The maximum atomic E-state index is 11.3. The Hall–Kier alpha value is -0.940. The second-order valence-corrected chi connectivity index (χ2v) is 5.26. The molecule has 1 aliphatic rings. The van der Waals surface area contributed by atoms with Crippen LogP contribution >= 0.6 is 0 Å². The summed E-state index contributed by atoms with van der Waals surface area (Å²) in [4.78, 5) is 0. The van der Waals surface area contributed by atoms with Crippen LogP contribution in [0.5, 0.6) is 0 Å². The molecule has 1 aliphatic heterocycles. The fourth-order valence-electron chi connectivity index (χ4n) is 3.01. The number of ether oxygens (including phenoxy) is 2. The molecule has 1 fully saturated rings. The number of methoxy groups -OCH3 is 1. The van der Waals surface area contributed by atoms with Gasteiger partial charge >= 0.3 is 0 Å². The summed E-state index contributed by atoms with van der Waals surface area (Å²) in [6.45, 7) is 1.94. The molecule has 0 spiro atoms. The third kappa shape index (κ3) is 2.54. The number of rotatable bonds is 5. The van der Waals surface area contributed by atoms with E-state index in [1.165, 1.54) is 0 Å². The van der Waals surface area contributed by atoms with Gasteiger partial charge in [0.05, 0.1) is 6.61 Å². The molecule has 0 aromatic heterocycles. The average Bonchev–Trinajstić information content (AvgIpc) is 2.49. The quantitative estimate of drug-likeness (QED) is 0.841. The van der Waals surface area contributed by atoms with Crippen LogP contribution in [-0.4, -0.2) is 38.6 Å². The number of hydrogen-bond acceptors (Lipinski definition) is 4. The molecule has 4 nitrogen and oxygen atoms in total. The van der Waals surface area contributed by atoms with Crippen molar-refractivity contribution in [3.05, 3.63) is 35.9 Å². The van der Waals surface area contributed by atoms with E-state index in [-0.39, 0.29) is 12.0 Å². The van der Waals surface area contributed by atoms with Crippen molar-refractivity contribution in [3.63, 3.8) is 0 Å². The maximum Gasteiger partial charge on any atom is 0.120 e. The third-order valence-corrected chi connectivity index (χ3v) is 4.32. The van der Waals surface area contributed by atoms with Gasteiger partial charge in [0.2, 0.25) is 0 Å². The first-order valence-corrected chi connectivity index (χ1v) is 6.73. The number of hydrogen-bond donors (Lipinski definition) is 2. The first-order valence-electron chi connectivity index (χ1n) is 6.73. The van der Waals surface area contributed by atoms with Crippen molar-refractivity contribution in [1.29, 1.82) is 0 Å². The van der Waals surface area contributed by atoms with Gasteiger partial charge in [-0.05, 0) is 18.4 Å². The van der Waals surface area contributed by atoms with E-state index in [1.54, 1.807) is 7.11 Å². The van der Waals surface area contributed by atoms with Crippen LogP contribution in [0, 0.1) is 5.41 Å². The van der Waals surface area contributed by atoms with E-state index in [0.29, 0.717) is 19.8 Å². The van der Waals surface area contributed by atoms with E-state index < -0.39 is 5.60 Å². The minimum atomic E-state index is -1.07. The molecule has 1 heterocycles. The number of nitrogens with two attached hydrogens (primary N) is 1. The Balaban J connectivity index is 2.42. The molecule has 0 amide bonds. The predicted molar refractivity (Wildman–Crippen MR) is 73.8 cm³/mol. The summed E-state index contributed by atoms with van der Waals surface area (Å²) in [7, 11) is 1.61. The van der Waals surface area contributed by atoms with Crippen LogP contribution in [0.25, 0.3) is 0 Å². The maximum absolute atomic E-state index is 11.3. The normalized spacial score (nSPS) is 21.8. The molecule has 2 rings (SSSR count). The Morgan fingerprint density at radius 2 is 1.95 bits per heavy atom. The molecule has 4 heteroatoms. The topological polar surface area (TPSA) is 64.7 Å². The largest absolute Gasteiger partial charge is 0.382 e. The van der Waals surface area contributed by atoms with Gasteiger partial charge in [-0.2, -0.15) is 0 Å². The van der Waals surface area contributed by atoms with Crippen LogP contribution in [0.3, 0.4) is 0 Å². The molecule has 1 atom stereocenters. The predicted octanol–water partition coefficient (Wildman–Crippen LogP) is 1.28. The van der Waals surface area contributed by atoms with Crippen molar-refractivity contribution in [2.75, 3.05) is 33.5 Å². The Kier molecular flexibility index (Phi) is 4.58. The van der Waals surface area contributed by atoms with E-state index in [0.717, 1.165) is 18.4 Å². The highest BCUT2D eigenvalue weighted by Gasteiger charge is 2.51. The van der Waals surface area contributed by atoms with E-state index in [4.69, 9.17) is 15.2 Å². The standard InChI is InChI=1S/C15H23NO3/c1-18-12-15(17,13-5-3-2-4-6-13)14(11-16)7-9-19-10-8-14/h2-6,17H,7-12,16H2,1H3. The van der Waals surface area contributed by atoms with Crippen molar-refractivity contribution >= 4 is 0 Å². The van der Waals surface area contributed by atoms with Crippen LogP contribution in [0.2, 0.25) is 0 Å². The molecule has 1 aromatic rings. The van der Waals surface area contributed by atoms with Crippen molar-refractivity contribution in [2.24, 2.45) is 11.1 Å². The van der Waals surface area contributed by atoms with E-state index in [1.807, 2.05) is 30.3 Å². The fourth-order valence-corrected chi connectivity index (χ4v) is 3.01. The Labute approximate surface area is 114 Å². The third-order valence-electron chi connectivity index (χ3n) is 4.32. The van der Waals surface area contributed by atoms with E-state index >= 15 is 0 Å². The molecule has 19 heavy (non-hydrogen) atoms. The zero-order chi connectivity index (χ0) is 13.8. The first-order chi connectivity index (χ1) is 9.18. The van der Waals surface area contributed by atoms with Gasteiger partial charge in [0.25, 0.3) is 0 Å². The van der Waals surface area contributed by atoms with Crippen LogP contribution in [0.15, 0.2) is 30.3 Å². The zero-order valence-electron chi connectivity index (χ0n) is 11.5. The average molecular weight is 265 g/mol. The molecule has 1 unspecified atom stereocenters. The molecule has 106 valence electrons. The summed E-state index contributed by atoms with van der Waals surface area (Å²) in [5, 5.41) is 11.3. The minimum Gasteiger partial charge on any atom is -0.382 e. The highest BCUT2D eigenvalue weighted by Crippen LogP contribution is 2.46. The lowest BCUT2D eigenvalue weighted by Gasteiger charge is -2.49. The van der Waals surface area contributed by atoms with Crippen LogP contribution in [0.4, 0.5) is 0 Å². The molecule has 0 aliphatic carbocycles. The first kappa shape index (κ1) is 14.5. The van der Waals surface area contributed by atoms with Crippen LogP contribution in [-0.2, 0) is 15.1 Å². The SMILES string of the molecule is COCC(O)(c1ccccc1)C1(CN)CCOCC1. The Morgan fingerprint density at radius 3 is 2.47 bits per heavy atom. The second-order valence-electron chi connectivity index (χ2n) is 5.26. The lowest BCUT2D eigenvalue weighted by atomic mass is 9.64. The molecule has 0 radical (unpaired) electrons. The second kappa shape index (κ2) is 6.01. The summed E-state index contributed by atoms with van der Waals surface area (Å²) in [6.07, 6.45) is 1.50. The lowest BCUT2D eigenvalue weighted by Crippen LogP contribution is -2.55. The molecule has 0 bridgehead atoms. The summed E-state index contributed by atoms with van der Waals surface area (Å²) < 4.78 is 10.7. The molecular weight excluding hydrogens is 242 g/mol. The highest BCUT2D eigenvalue weighted by molar-refractivity contribution is 5.26. The molecule has 0 saturated carbocycles. The van der Waals surface area contributed by atoms with E-state index in [9.17, 15) is 5.11 Å². The van der Waals surface area contributed by atoms with Crippen molar-refractivity contribution < 1.29 is 14.6 Å². The van der Waals surface area contributed by atoms with Gasteiger partial charge in [0, 0.05) is 32.3 Å². The monoisotopic (exact) mass is 265 g/mol. The Morgan fingerprint density at radius 1 is 1.32 bits per heavy atom. The molecular formula is C15H23NO3. The van der Waals surface area contributed by atoms with E-state index in [2.05, 4.69) is 0 Å². The Bertz CT molecular complexity index is 390. The van der Waals surface area contributed by atoms with Gasteiger partial charge in [-0.1, -0.05) is 30.3 Å². The van der Waals surface area contributed by atoms with Crippen molar-refractivity contribution in [3.8, 4) is 0 Å². The van der Waals surface area contributed by atoms with Crippen molar-refractivity contribution in [1.82, 2.24) is 0 Å².